The summed E-state index contributed by atoms with van der Waals surface area (Å²) in [6.45, 7) is 12.8. The van der Waals surface area contributed by atoms with Crippen molar-refractivity contribution in [2.45, 2.75) is 58.5 Å². The third-order valence-electron chi connectivity index (χ3n) is 4.62. The van der Waals surface area contributed by atoms with Crippen molar-refractivity contribution in [1.29, 1.82) is 0 Å². The van der Waals surface area contributed by atoms with E-state index in [0.29, 0.717) is 12.5 Å². The van der Waals surface area contributed by atoms with Gasteiger partial charge in [0, 0.05) is 12.4 Å². The van der Waals surface area contributed by atoms with Crippen LogP contribution in [0.25, 0.3) is 11.0 Å². The van der Waals surface area contributed by atoms with Crippen molar-refractivity contribution in [3.8, 4) is 0 Å². The fraction of sp³-hybridized carbons (Fsp3) is 0.588. The van der Waals surface area contributed by atoms with Crippen molar-refractivity contribution in [3.63, 3.8) is 0 Å². The van der Waals surface area contributed by atoms with E-state index in [2.05, 4.69) is 56.6 Å². The minimum atomic E-state index is -1.77. The van der Waals surface area contributed by atoms with Gasteiger partial charge in [0.15, 0.2) is 8.32 Å². The highest BCUT2D eigenvalue weighted by Gasteiger charge is 2.37. The zero-order valence-corrected chi connectivity index (χ0v) is 16.1. The van der Waals surface area contributed by atoms with E-state index in [9.17, 15) is 0 Å². The molecule has 0 aliphatic rings. The fourth-order valence-corrected chi connectivity index (χ4v) is 3.21. The van der Waals surface area contributed by atoms with Gasteiger partial charge in [-0.3, -0.25) is 0 Å². The van der Waals surface area contributed by atoms with Gasteiger partial charge in [-0.2, -0.15) is 0 Å². The molecule has 1 aromatic heterocycles. The van der Waals surface area contributed by atoms with Crippen molar-refractivity contribution in [3.05, 3.63) is 30.1 Å². The number of alkyl halides is 1. The molecule has 0 bridgehead atoms. The molecule has 0 radical (unpaired) electrons. The molecular formula is C17H27ClN2OSi. The maximum Gasteiger partial charge on any atom is 0.192 e. The van der Waals surface area contributed by atoms with Crippen LogP contribution >= 0.6 is 11.6 Å². The molecule has 0 aliphatic carbocycles. The van der Waals surface area contributed by atoms with Crippen LogP contribution in [0, 0.1) is 0 Å². The summed E-state index contributed by atoms with van der Waals surface area (Å²) in [5.41, 5.74) is 2.20. The van der Waals surface area contributed by atoms with Gasteiger partial charge in [-0.1, -0.05) is 32.9 Å². The maximum absolute atomic E-state index is 6.35. The first kappa shape index (κ1) is 17.5. The molecule has 0 atom stereocenters. The van der Waals surface area contributed by atoms with Gasteiger partial charge in [-0.15, -0.1) is 11.6 Å². The topological polar surface area (TPSA) is 27.1 Å². The van der Waals surface area contributed by atoms with Gasteiger partial charge < -0.3 is 8.99 Å². The Bertz CT molecular complexity index is 631. The van der Waals surface area contributed by atoms with Crippen LogP contribution in [0.5, 0.6) is 0 Å². The minimum absolute atomic E-state index is 0.208. The van der Waals surface area contributed by atoms with Gasteiger partial charge in [0.25, 0.3) is 0 Å². The molecule has 0 unspecified atom stereocenters. The van der Waals surface area contributed by atoms with E-state index >= 15 is 0 Å². The first-order valence-electron chi connectivity index (χ1n) is 7.90. The summed E-state index contributed by atoms with van der Waals surface area (Å²) >= 11 is 5.87. The number of aryl methyl sites for hydroxylation is 1. The van der Waals surface area contributed by atoms with Crippen LogP contribution in [-0.4, -0.2) is 23.7 Å². The van der Waals surface area contributed by atoms with Crippen LogP contribution in [0.3, 0.4) is 0 Å². The second-order valence-corrected chi connectivity index (χ2v) is 12.4. The number of halogens is 1. The lowest BCUT2D eigenvalue weighted by atomic mass is 10.2. The number of rotatable bonds is 6. The molecule has 5 heteroatoms. The summed E-state index contributed by atoms with van der Waals surface area (Å²) in [6.07, 6.45) is 0.939. The average Bonchev–Trinajstić information content (AvgIpc) is 2.79. The van der Waals surface area contributed by atoms with E-state index in [1.807, 2.05) is 6.07 Å². The van der Waals surface area contributed by atoms with E-state index in [1.165, 1.54) is 5.52 Å². The van der Waals surface area contributed by atoms with Crippen molar-refractivity contribution in [2.75, 3.05) is 5.88 Å². The van der Waals surface area contributed by atoms with Crippen molar-refractivity contribution in [1.82, 2.24) is 9.55 Å². The molecule has 2 aromatic rings. The van der Waals surface area contributed by atoms with E-state index in [4.69, 9.17) is 21.0 Å². The van der Waals surface area contributed by atoms with E-state index in [1.54, 1.807) is 0 Å². The van der Waals surface area contributed by atoms with Gasteiger partial charge in [-0.05, 0) is 36.7 Å². The normalized spacial score (nSPS) is 13.0. The molecule has 0 fully saturated rings. The molecule has 0 spiro atoms. The van der Waals surface area contributed by atoms with E-state index in [0.717, 1.165) is 24.3 Å². The summed E-state index contributed by atoms with van der Waals surface area (Å²) in [5.74, 6) is 1.67. The highest BCUT2D eigenvalue weighted by molar-refractivity contribution is 6.74. The smallest absolute Gasteiger partial charge is 0.192 e. The molecule has 1 heterocycles. The van der Waals surface area contributed by atoms with Crippen LogP contribution in [0.2, 0.25) is 18.1 Å². The second kappa shape index (κ2) is 6.73. The van der Waals surface area contributed by atoms with Gasteiger partial charge in [0.2, 0.25) is 0 Å². The number of aromatic nitrogens is 2. The maximum atomic E-state index is 6.35. The Labute approximate surface area is 139 Å². The molecule has 122 valence electrons. The highest BCUT2D eigenvalue weighted by Crippen LogP contribution is 2.37. The average molecular weight is 339 g/mol. The predicted octanol–water partition coefficient (Wildman–Crippen LogP) is 5.19. The van der Waals surface area contributed by atoms with Crippen LogP contribution in [-0.2, 0) is 17.6 Å². The molecule has 22 heavy (non-hydrogen) atoms. The predicted molar refractivity (Wildman–Crippen MR) is 97.1 cm³/mol. The number of para-hydroxylation sites is 2. The van der Waals surface area contributed by atoms with Gasteiger partial charge >= 0.3 is 0 Å². The number of hydrogen-bond acceptors (Lipinski definition) is 2. The molecule has 1 aromatic carbocycles. The first-order chi connectivity index (χ1) is 10.3. The number of benzene rings is 1. The van der Waals surface area contributed by atoms with Crippen LogP contribution < -0.4 is 0 Å². The number of nitrogens with zero attached hydrogens (tertiary/aromatic N) is 2. The Morgan fingerprint density at radius 1 is 1.23 bits per heavy atom. The Kier molecular flexibility index (Phi) is 5.36. The Morgan fingerprint density at radius 2 is 1.91 bits per heavy atom. The summed E-state index contributed by atoms with van der Waals surface area (Å²) in [6, 6.07) is 8.26. The Hall–Kier alpha value is -0.843. The standard InChI is InChI=1S/C17H27ClN2OSi/c1-17(2,3)22(4,5)21-13-16-19-14-9-6-7-10-15(14)20(16)12-8-11-18/h6-7,9-10H,8,11-13H2,1-5H3. The van der Waals surface area contributed by atoms with E-state index < -0.39 is 8.32 Å². The van der Waals surface area contributed by atoms with Crippen molar-refractivity contribution >= 4 is 31.0 Å². The minimum Gasteiger partial charge on any atom is -0.409 e. The van der Waals surface area contributed by atoms with Crippen molar-refractivity contribution in [2.24, 2.45) is 0 Å². The van der Waals surface area contributed by atoms with Crippen LogP contribution in [0.15, 0.2) is 24.3 Å². The van der Waals surface area contributed by atoms with Crippen LogP contribution in [0.1, 0.15) is 33.0 Å². The van der Waals surface area contributed by atoms with Gasteiger partial charge in [0.1, 0.15) is 5.82 Å². The van der Waals surface area contributed by atoms with Crippen molar-refractivity contribution < 1.29 is 4.43 Å². The molecule has 2 rings (SSSR count). The first-order valence-corrected chi connectivity index (χ1v) is 11.3. The van der Waals surface area contributed by atoms with Crippen LogP contribution in [0.4, 0.5) is 0 Å². The SMILES string of the molecule is CC(C)(C)[Si](C)(C)OCc1nc2ccccc2n1CCCCl. The number of fused-ring (bicyclic) bond motifs is 1. The lowest BCUT2D eigenvalue weighted by Gasteiger charge is -2.36. The monoisotopic (exact) mass is 338 g/mol. The molecule has 0 saturated heterocycles. The largest absolute Gasteiger partial charge is 0.409 e. The highest BCUT2D eigenvalue weighted by atomic mass is 35.5. The number of imidazole rings is 1. The molecule has 0 saturated carbocycles. The summed E-state index contributed by atoms with van der Waals surface area (Å²) in [4.78, 5) is 4.77. The fourth-order valence-electron chi connectivity index (χ4n) is 2.16. The lowest BCUT2D eigenvalue weighted by molar-refractivity contribution is 0.262. The second-order valence-electron chi connectivity index (χ2n) is 7.26. The molecule has 3 nitrogen and oxygen atoms in total. The molecule has 0 aliphatic heterocycles. The summed E-state index contributed by atoms with van der Waals surface area (Å²) < 4.78 is 8.61. The number of hydrogen-bond donors (Lipinski definition) is 0. The van der Waals surface area contributed by atoms with E-state index in [-0.39, 0.29) is 5.04 Å². The molecular weight excluding hydrogens is 312 g/mol. The Morgan fingerprint density at radius 3 is 2.55 bits per heavy atom. The molecule has 0 amide bonds. The zero-order chi connectivity index (χ0) is 16.4. The Balaban J connectivity index is 2.26. The summed E-state index contributed by atoms with van der Waals surface area (Å²) in [5, 5.41) is 0.208. The third-order valence-corrected chi connectivity index (χ3v) is 9.36. The third kappa shape index (κ3) is 3.73. The zero-order valence-electron chi connectivity index (χ0n) is 14.3. The molecule has 0 N–H and O–H groups in total. The van der Waals surface area contributed by atoms with Gasteiger partial charge in [-0.25, -0.2) is 4.98 Å². The quantitative estimate of drug-likeness (QED) is 0.535. The lowest BCUT2D eigenvalue weighted by Crippen LogP contribution is -2.40. The van der Waals surface area contributed by atoms with Gasteiger partial charge in [0.05, 0.1) is 17.6 Å². The summed E-state index contributed by atoms with van der Waals surface area (Å²) in [7, 11) is -1.77.